The van der Waals surface area contributed by atoms with Crippen molar-refractivity contribution in [3.8, 4) is 11.4 Å². The van der Waals surface area contributed by atoms with Crippen LogP contribution in [-0.4, -0.2) is 15.3 Å². The molecule has 3 aromatic carbocycles. The fourth-order valence-corrected chi connectivity index (χ4v) is 3.67. The monoisotopic (exact) mass is 388 g/mol. The van der Waals surface area contributed by atoms with Crippen LogP contribution in [0.25, 0.3) is 22.4 Å². The molecule has 0 atom stereocenters. The fraction of sp³-hybridized carbons (Fsp3) is 0.167. The van der Waals surface area contributed by atoms with E-state index in [4.69, 9.17) is 16.6 Å². The average molecular weight is 389 g/mol. The molecule has 1 aromatic heterocycles. The van der Waals surface area contributed by atoms with Crippen molar-refractivity contribution in [2.75, 3.05) is 0 Å². The number of imidazole rings is 1. The van der Waals surface area contributed by atoms with Gasteiger partial charge < -0.3 is 4.57 Å². The molecule has 0 aliphatic rings. The van der Waals surface area contributed by atoms with E-state index >= 15 is 0 Å². The van der Waals surface area contributed by atoms with Crippen molar-refractivity contribution >= 4 is 28.4 Å². The van der Waals surface area contributed by atoms with Crippen LogP contribution in [0.2, 0.25) is 5.02 Å². The molecule has 0 radical (unpaired) electrons. The van der Waals surface area contributed by atoms with Gasteiger partial charge in [-0.25, -0.2) is 4.98 Å². The van der Waals surface area contributed by atoms with E-state index in [9.17, 15) is 4.79 Å². The van der Waals surface area contributed by atoms with Gasteiger partial charge in [0.05, 0.1) is 16.1 Å². The molecular formula is C24H21ClN2O. The van der Waals surface area contributed by atoms with Crippen molar-refractivity contribution in [3.63, 3.8) is 0 Å². The third-order valence-corrected chi connectivity index (χ3v) is 5.58. The van der Waals surface area contributed by atoms with Crippen molar-refractivity contribution in [2.45, 2.75) is 20.3 Å². The summed E-state index contributed by atoms with van der Waals surface area (Å²) in [5, 5.41) is 0.659. The number of ketones is 1. The first-order valence-electron chi connectivity index (χ1n) is 9.25. The summed E-state index contributed by atoms with van der Waals surface area (Å²) in [5.74, 6) is 0.894. The number of carbonyl (C=O) groups excluding carboxylic acids is 1. The van der Waals surface area contributed by atoms with Gasteiger partial charge in [-0.1, -0.05) is 41.9 Å². The third kappa shape index (κ3) is 3.34. The zero-order valence-corrected chi connectivity index (χ0v) is 16.9. The second-order valence-electron chi connectivity index (χ2n) is 7.20. The molecule has 4 rings (SSSR count). The van der Waals surface area contributed by atoms with Crippen LogP contribution in [0.3, 0.4) is 0 Å². The highest BCUT2D eigenvalue weighted by molar-refractivity contribution is 6.33. The van der Waals surface area contributed by atoms with E-state index in [2.05, 4.69) is 26.0 Å². The Kier molecular flexibility index (Phi) is 4.78. The van der Waals surface area contributed by atoms with Gasteiger partial charge >= 0.3 is 0 Å². The van der Waals surface area contributed by atoms with Crippen LogP contribution in [0, 0.1) is 13.8 Å². The van der Waals surface area contributed by atoms with Gasteiger partial charge in [-0.3, -0.25) is 4.79 Å². The minimum absolute atomic E-state index is 0.102. The number of aryl methyl sites for hydroxylation is 3. The fourth-order valence-electron chi connectivity index (χ4n) is 3.45. The van der Waals surface area contributed by atoms with E-state index in [0.29, 0.717) is 17.0 Å². The van der Waals surface area contributed by atoms with Gasteiger partial charge in [-0.15, -0.1) is 0 Å². The van der Waals surface area contributed by atoms with Crippen molar-refractivity contribution < 1.29 is 4.79 Å². The van der Waals surface area contributed by atoms with Crippen LogP contribution in [-0.2, 0) is 13.5 Å². The number of hydrogen-bond acceptors (Lipinski definition) is 2. The Hall–Kier alpha value is -2.91. The highest BCUT2D eigenvalue weighted by atomic mass is 35.5. The Morgan fingerprint density at radius 1 is 1.00 bits per heavy atom. The molecule has 0 bridgehead atoms. The van der Waals surface area contributed by atoms with Crippen molar-refractivity contribution in [3.05, 3.63) is 87.9 Å². The summed E-state index contributed by atoms with van der Waals surface area (Å²) in [6, 6.07) is 19.5. The first-order chi connectivity index (χ1) is 13.4. The topological polar surface area (TPSA) is 34.9 Å². The van der Waals surface area contributed by atoms with Gasteiger partial charge in [-0.05, 0) is 60.9 Å². The van der Waals surface area contributed by atoms with E-state index in [1.807, 2.05) is 60.1 Å². The minimum atomic E-state index is 0.102. The van der Waals surface area contributed by atoms with Crippen LogP contribution < -0.4 is 0 Å². The molecule has 0 saturated carbocycles. The number of Topliss-reactive ketones (excluding diaryl/α,β-unsaturated/α-hetero) is 1. The van der Waals surface area contributed by atoms with Crippen molar-refractivity contribution in [1.29, 1.82) is 0 Å². The zero-order chi connectivity index (χ0) is 19.8. The van der Waals surface area contributed by atoms with Gasteiger partial charge in [0.15, 0.2) is 5.78 Å². The lowest BCUT2D eigenvalue weighted by molar-refractivity contribution is 0.0993. The predicted molar refractivity (Wildman–Crippen MR) is 115 cm³/mol. The molecule has 0 N–H and O–H groups in total. The molecule has 140 valence electrons. The normalized spacial score (nSPS) is 11.1. The Morgan fingerprint density at radius 2 is 1.79 bits per heavy atom. The highest BCUT2D eigenvalue weighted by Crippen LogP contribution is 2.29. The molecule has 0 saturated heterocycles. The van der Waals surface area contributed by atoms with E-state index in [1.54, 1.807) is 0 Å². The maximum atomic E-state index is 12.8. The molecule has 28 heavy (non-hydrogen) atoms. The Labute approximate surface area is 169 Å². The molecule has 3 nitrogen and oxygen atoms in total. The van der Waals surface area contributed by atoms with Gasteiger partial charge in [0.25, 0.3) is 0 Å². The van der Waals surface area contributed by atoms with Crippen molar-refractivity contribution in [1.82, 2.24) is 9.55 Å². The molecule has 0 aliphatic heterocycles. The number of halogens is 1. The molecule has 4 heteroatoms. The molecular weight excluding hydrogens is 368 g/mol. The summed E-state index contributed by atoms with van der Waals surface area (Å²) >= 11 is 6.35. The molecule has 0 unspecified atom stereocenters. The van der Waals surface area contributed by atoms with Gasteiger partial charge in [0.2, 0.25) is 0 Å². The lowest BCUT2D eigenvalue weighted by Gasteiger charge is -2.06. The number of nitrogens with zero attached hydrogens (tertiary/aromatic N) is 2. The molecule has 0 amide bonds. The van der Waals surface area contributed by atoms with E-state index in [0.717, 1.165) is 28.0 Å². The SMILES string of the molecule is Cc1ccc(CC(=O)c2ccc3nc(-c4ccccc4Cl)n(C)c3c2)cc1C. The summed E-state index contributed by atoms with van der Waals surface area (Å²) in [5.41, 5.74) is 6.82. The first-order valence-corrected chi connectivity index (χ1v) is 9.62. The van der Waals surface area contributed by atoms with Gasteiger partial charge in [0, 0.05) is 24.6 Å². The number of fused-ring (bicyclic) bond motifs is 1. The zero-order valence-electron chi connectivity index (χ0n) is 16.2. The molecule has 4 aromatic rings. The average Bonchev–Trinajstić information content (AvgIpc) is 3.01. The minimum Gasteiger partial charge on any atom is -0.327 e. The summed E-state index contributed by atoms with van der Waals surface area (Å²) in [6.45, 7) is 4.15. The number of rotatable bonds is 4. The third-order valence-electron chi connectivity index (χ3n) is 5.25. The Balaban J connectivity index is 1.69. The Morgan fingerprint density at radius 3 is 2.54 bits per heavy atom. The summed E-state index contributed by atoms with van der Waals surface area (Å²) in [4.78, 5) is 17.6. The summed E-state index contributed by atoms with van der Waals surface area (Å²) in [7, 11) is 1.95. The van der Waals surface area contributed by atoms with Crippen LogP contribution in [0.4, 0.5) is 0 Å². The van der Waals surface area contributed by atoms with E-state index < -0.39 is 0 Å². The van der Waals surface area contributed by atoms with Gasteiger partial charge in [0.1, 0.15) is 5.82 Å². The largest absolute Gasteiger partial charge is 0.327 e. The number of aromatic nitrogens is 2. The predicted octanol–water partition coefficient (Wildman–Crippen LogP) is 5.94. The lowest BCUT2D eigenvalue weighted by atomic mass is 9.99. The molecule has 0 fully saturated rings. The number of benzene rings is 3. The van der Waals surface area contributed by atoms with E-state index in [1.165, 1.54) is 11.1 Å². The maximum absolute atomic E-state index is 12.8. The Bertz CT molecular complexity index is 1210. The standard InChI is InChI=1S/C24H21ClN2O/c1-15-8-9-17(12-16(15)2)13-23(28)18-10-11-21-22(14-18)27(3)24(26-21)19-6-4-5-7-20(19)25/h4-12,14H,13H2,1-3H3. The van der Waals surface area contributed by atoms with Crippen LogP contribution in [0.1, 0.15) is 27.0 Å². The molecule has 1 heterocycles. The first kappa shape index (κ1) is 18.5. The lowest BCUT2D eigenvalue weighted by Crippen LogP contribution is -2.04. The van der Waals surface area contributed by atoms with E-state index in [-0.39, 0.29) is 5.78 Å². The maximum Gasteiger partial charge on any atom is 0.167 e. The highest BCUT2D eigenvalue weighted by Gasteiger charge is 2.15. The summed E-state index contributed by atoms with van der Waals surface area (Å²) < 4.78 is 1.99. The molecule has 0 spiro atoms. The van der Waals surface area contributed by atoms with Crippen LogP contribution in [0.5, 0.6) is 0 Å². The van der Waals surface area contributed by atoms with Gasteiger partial charge in [-0.2, -0.15) is 0 Å². The second kappa shape index (κ2) is 7.25. The smallest absolute Gasteiger partial charge is 0.167 e. The number of carbonyl (C=O) groups is 1. The number of hydrogen-bond donors (Lipinski definition) is 0. The quantitative estimate of drug-likeness (QED) is 0.406. The summed E-state index contributed by atoms with van der Waals surface area (Å²) in [6.07, 6.45) is 0.391. The second-order valence-corrected chi connectivity index (χ2v) is 7.60. The molecule has 0 aliphatic carbocycles. The van der Waals surface area contributed by atoms with Crippen LogP contribution in [0.15, 0.2) is 60.7 Å². The van der Waals surface area contributed by atoms with Crippen molar-refractivity contribution in [2.24, 2.45) is 7.05 Å². The van der Waals surface area contributed by atoms with Crippen LogP contribution >= 0.6 is 11.6 Å².